The monoisotopic (exact) mass is 379 g/mol. The van der Waals surface area contributed by atoms with Crippen molar-refractivity contribution in [3.63, 3.8) is 0 Å². The van der Waals surface area contributed by atoms with Crippen molar-refractivity contribution in [1.29, 1.82) is 0 Å². The summed E-state index contributed by atoms with van der Waals surface area (Å²) in [5, 5.41) is 6.62. The van der Waals surface area contributed by atoms with Crippen LogP contribution in [0, 0.1) is 12.8 Å². The molecule has 2 heterocycles. The Kier molecular flexibility index (Phi) is 5.14. The molecule has 7 nitrogen and oxygen atoms in total. The third-order valence-electron chi connectivity index (χ3n) is 5.21. The van der Waals surface area contributed by atoms with Gasteiger partial charge in [0.05, 0.1) is 13.7 Å². The van der Waals surface area contributed by atoms with Crippen LogP contribution in [0.5, 0.6) is 5.75 Å². The number of rotatable bonds is 4. The van der Waals surface area contributed by atoms with Gasteiger partial charge in [-0.2, -0.15) is 0 Å². The first-order valence-electron chi connectivity index (χ1n) is 9.60. The van der Waals surface area contributed by atoms with Crippen LogP contribution in [0.4, 0.5) is 5.95 Å². The number of fused-ring (bicyclic) bond motifs is 1. The van der Waals surface area contributed by atoms with E-state index in [1.54, 1.807) is 17.7 Å². The molecule has 0 unspecified atom stereocenters. The number of nitrogens with zero attached hydrogens (tertiary/aromatic N) is 3. The van der Waals surface area contributed by atoms with Gasteiger partial charge in [0, 0.05) is 17.7 Å². The summed E-state index contributed by atoms with van der Waals surface area (Å²) in [5.74, 6) is 2.34. The van der Waals surface area contributed by atoms with Crippen LogP contribution in [0.15, 0.2) is 52.3 Å². The van der Waals surface area contributed by atoms with Gasteiger partial charge in [-0.25, -0.2) is 9.98 Å². The molecule has 1 aliphatic heterocycles. The number of aliphatic imine (C=N–C) groups is 1. The highest BCUT2D eigenvalue weighted by Gasteiger charge is 2.31. The van der Waals surface area contributed by atoms with E-state index in [1.807, 2.05) is 31.2 Å². The fourth-order valence-corrected chi connectivity index (χ4v) is 3.73. The molecule has 0 fully saturated rings. The molecule has 0 radical (unpaired) electrons. The summed E-state index contributed by atoms with van der Waals surface area (Å²) < 4.78 is 6.93. The Morgan fingerprint density at radius 1 is 1.29 bits per heavy atom. The number of aromatic nitrogens is 2. The number of nitrogens with one attached hydrogen (secondary N) is 2. The maximum absolute atomic E-state index is 12.7. The summed E-state index contributed by atoms with van der Waals surface area (Å²) in [4.78, 5) is 21.9. The summed E-state index contributed by atoms with van der Waals surface area (Å²) in [6, 6.07) is 9.42. The number of allylic oxidation sites excluding steroid dienone is 2. The molecule has 0 amide bonds. The molecule has 2 aliphatic rings. The van der Waals surface area contributed by atoms with Gasteiger partial charge in [0.25, 0.3) is 5.56 Å². The van der Waals surface area contributed by atoms with E-state index in [9.17, 15) is 4.79 Å². The Hall–Kier alpha value is -3.09. The summed E-state index contributed by atoms with van der Waals surface area (Å²) in [5.41, 5.74) is 1.73. The molecule has 7 heteroatoms. The molecule has 0 spiro atoms. The van der Waals surface area contributed by atoms with Crippen molar-refractivity contribution in [2.24, 2.45) is 10.9 Å². The van der Waals surface area contributed by atoms with Crippen molar-refractivity contribution in [3.05, 3.63) is 64.1 Å². The molecule has 1 aliphatic carbocycles. The summed E-state index contributed by atoms with van der Waals surface area (Å²) >= 11 is 0. The number of hydrogen-bond donors (Lipinski definition) is 2. The molecule has 2 atom stereocenters. The first-order valence-corrected chi connectivity index (χ1v) is 9.60. The molecule has 0 saturated carbocycles. The predicted molar refractivity (Wildman–Crippen MR) is 110 cm³/mol. The SMILES string of the molecule is COc1ccc(CN=C2Nc3nc(C)cc(=O)n3[C@@H]([C@H]3CC=CCC3)N2)cc1. The lowest BCUT2D eigenvalue weighted by Crippen LogP contribution is -2.50. The minimum absolute atomic E-state index is 0.0451. The number of benzene rings is 1. The molecule has 1 aromatic heterocycles. The topological polar surface area (TPSA) is 80.5 Å². The van der Waals surface area contributed by atoms with E-state index in [2.05, 4.69) is 27.8 Å². The Morgan fingerprint density at radius 2 is 2.11 bits per heavy atom. The summed E-state index contributed by atoms with van der Waals surface area (Å²) in [6.45, 7) is 2.35. The van der Waals surface area contributed by atoms with Crippen LogP contribution in [0.1, 0.15) is 36.7 Å². The van der Waals surface area contributed by atoms with E-state index in [4.69, 9.17) is 9.73 Å². The third-order valence-corrected chi connectivity index (χ3v) is 5.21. The maximum Gasteiger partial charge on any atom is 0.256 e. The van der Waals surface area contributed by atoms with Crippen LogP contribution in [-0.4, -0.2) is 22.6 Å². The Labute approximate surface area is 164 Å². The lowest BCUT2D eigenvalue weighted by atomic mass is 9.91. The number of hydrogen-bond acceptors (Lipinski definition) is 4. The Bertz CT molecular complexity index is 962. The first kappa shape index (κ1) is 18.3. The lowest BCUT2D eigenvalue weighted by molar-refractivity contribution is 0.276. The molecule has 1 aromatic carbocycles. The third kappa shape index (κ3) is 3.78. The van der Waals surface area contributed by atoms with Gasteiger partial charge >= 0.3 is 0 Å². The average Bonchev–Trinajstić information content (AvgIpc) is 2.72. The van der Waals surface area contributed by atoms with Gasteiger partial charge in [-0.3, -0.25) is 14.7 Å². The number of methoxy groups -OCH3 is 1. The molecule has 146 valence electrons. The molecule has 4 rings (SSSR count). The van der Waals surface area contributed by atoms with Gasteiger partial charge in [-0.15, -0.1) is 0 Å². The van der Waals surface area contributed by atoms with Gasteiger partial charge in [-0.05, 0) is 43.9 Å². The van der Waals surface area contributed by atoms with Gasteiger partial charge in [0.2, 0.25) is 5.95 Å². The van der Waals surface area contributed by atoms with Crippen molar-refractivity contribution in [1.82, 2.24) is 14.9 Å². The predicted octanol–water partition coefficient (Wildman–Crippen LogP) is 2.99. The van der Waals surface area contributed by atoms with Crippen LogP contribution in [0.25, 0.3) is 0 Å². The van der Waals surface area contributed by atoms with Gasteiger partial charge in [0.1, 0.15) is 11.9 Å². The normalized spacial score (nSPS) is 22.3. The van der Waals surface area contributed by atoms with Crippen molar-refractivity contribution >= 4 is 11.9 Å². The average molecular weight is 379 g/mol. The number of aryl methyl sites for hydroxylation is 1. The van der Waals surface area contributed by atoms with E-state index >= 15 is 0 Å². The Morgan fingerprint density at radius 3 is 2.82 bits per heavy atom. The summed E-state index contributed by atoms with van der Waals surface area (Å²) in [7, 11) is 1.65. The second-order valence-corrected chi connectivity index (χ2v) is 7.20. The molecule has 28 heavy (non-hydrogen) atoms. The van der Waals surface area contributed by atoms with Crippen LogP contribution >= 0.6 is 0 Å². The number of ether oxygens (including phenoxy) is 1. The van der Waals surface area contributed by atoms with Crippen LogP contribution in [-0.2, 0) is 6.54 Å². The minimum Gasteiger partial charge on any atom is -0.497 e. The van der Waals surface area contributed by atoms with Crippen molar-refractivity contribution < 1.29 is 4.74 Å². The second kappa shape index (κ2) is 7.88. The van der Waals surface area contributed by atoms with Crippen molar-refractivity contribution in [3.8, 4) is 5.75 Å². The molecule has 2 aromatic rings. The highest BCUT2D eigenvalue weighted by atomic mass is 16.5. The zero-order valence-electron chi connectivity index (χ0n) is 16.2. The molecular formula is C21H25N5O2. The molecule has 0 bridgehead atoms. The highest BCUT2D eigenvalue weighted by molar-refractivity contribution is 5.93. The van der Waals surface area contributed by atoms with Gasteiger partial charge in [0.15, 0.2) is 5.96 Å². The van der Waals surface area contributed by atoms with Crippen molar-refractivity contribution in [2.45, 2.75) is 38.9 Å². The van der Waals surface area contributed by atoms with Gasteiger partial charge in [-0.1, -0.05) is 24.3 Å². The zero-order chi connectivity index (χ0) is 19.5. The van der Waals surface area contributed by atoms with E-state index in [0.717, 1.165) is 30.6 Å². The van der Waals surface area contributed by atoms with Crippen LogP contribution in [0.2, 0.25) is 0 Å². The maximum atomic E-state index is 12.7. The summed E-state index contributed by atoms with van der Waals surface area (Å²) in [6.07, 6.45) is 7.23. The Balaban J connectivity index is 1.62. The van der Waals surface area contributed by atoms with E-state index in [1.165, 1.54) is 0 Å². The smallest absolute Gasteiger partial charge is 0.256 e. The van der Waals surface area contributed by atoms with Crippen LogP contribution in [0.3, 0.4) is 0 Å². The second-order valence-electron chi connectivity index (χ2n) is 7.20. The quantitative estimate of drug-likeness (QED) is 0.799. The lowest BCUT2D eigenvalue weighted by Gasteiger charge is -2.36. The van der Waals surface area contributed by atoms with E-state index in [-0.39, 0.29) is 11.7 Å². The standard InChI is InChI=1S/C21H25N5O2/c1-14-12-18(27)26-19(16-6-4-3-5-7-16)24-20(25-21(26)23-14)22-13-15-8-10-17(28-2)11-9-15/h3-4,8-12,16,19H,5-7,13H2,1-2H3,(H2,22,23,24,25)/t16-,19-/m0/s1. The minimum atomic E-state index is -0.156. The van der Waals surface area contributed by atoms with Crippen LogP contribution < -0.4 is 20.9 Å². The molecule has 0 saturated heterocycles. The molecule has 2 N–H and O–H groups in total. The highest BCUT2D eigenvalue weighted by Crippen LogP contribution is 2.30. The number of anilines is 1. The fourth-order valence-electron chi connectivity index (χ4n) is 3.73. The molecular weight excluding hydrogens is 354 g/mol. The van der Waals surface area contributed by atoms with Gasteiger partial charge < -0.3 is 10.1 Å². The van der Waals surface area contributed by atoms with Crippen molar-refractivity contribution in [2.75, 3.05) is 12.4 Å². The first-order chi connectivity index (χ1) is 13.6. The largest absolute Gasteiger partial charge is 0.497 e. The zero-order valence-corrected chi connectivity index (χ0v) is 16.2. The van der Waals surface area contributed by atoms with E-state index < -0.39 is 0 Å². The van der Waals surface area contributed by atoms with E-state index in [0.29, 0.717) is 30.1 Å². The fraction of sp³-hybridized carbons (Fsp3) is 0.381. The number of guanidine groups is 1.